The molecule has 158 valence electrons. The lowest BCUT2D eigenvalue weighted by Crippen LogP contribution is -2.48. The van der Waals surface area contributed by atoms with Gasteiger partial charge in [0.2, 0.25) is 0 Å². The van der Waals surface area contributed by atoms with Crippen LogP contribution in [0.5, 0.6) is 0 Å². The minimum absolute atomic E-state index is 0. The van der Waals surface area contributed by atoms with Gasteiger partial charge in [0.05, 0.1) is 0 Å². The van der Waals surface area contributed by atoms with E-state index in [0.717, 1.165) is 64.1 Å². The van der Waals surface area contributed by atoms with Crippen LogP contribution in [-0.2, 0) is 0 Å². The first-order chi connectivity index (χ1) is 13.2. The molecule has 2 aliphatic heterocycles. The lowest BCUT2D eigenvalue weighted by Gasteiger charge is -2.40. The van der Waals surface area contributed by atoms with E-state index in [0.29, 0.717) is 6.04 Å². The molecule has 2 aliphatic rings. The van der Waals surface area contributed by atoms with Crippen molar-refractivity contribution in [2.75, 3.05) is 59.9 Å². The summed E-state index contributed by atoms with van der Waals surface area (Å²) in [7, 11) is 4.14. The van der Waals surface area contributed by atoms with Crippen molar-refractivity contribution >= 4 is 29.9 Å². The molecule has 0 radical (unpaired) electrons. The van der Waals surface area contributed by atoms with Crippen LogP contribution in [0.2, 0.25) is 0 Å². The smallest absolute Gasteiger partial charge is 0.193 e. The maximum atomic E-state index is 4.50. The van der Waals surface area contributed by atoms with Crippen LogP contribution in [0, 0.1) is 5.92 Å². The van der Waals surface area contributed by atoms with Crippen molar-refractivity contribution in [3.05, 3.63) is 35.9 Å². The molecule has 28 heavy (non-hydrogen) atoms. The molecule has 0 bridgehead atoms. The molecule has 1 N–H and O–H groups in total. The molecule has 1 unspecified atom stereocenters. The highest BCUT2D eigenvalue weighted by molar-refractivity contribution is 14.0. The number of guanidine groups is 1. The van der Waals surface area contributed by atoms with E-state index in [1.807, 2.05) is 7.05 Å². The van der Waals surface area contributed by atoms with Crippen molar-refractivity contribution in [2.45, 2.75) is 32.2 Å². The van der Waals surface area contributed by atoms with Crippen LogP contribution in [0.3, 0.4) is 0 Å². The highest BCUT2D eigenvalue weighted by Gasteiger charge is 2.26. The zero-order chi connectivity index (χ0) is 19.1. The SMILES string of the molecule is CN=C(NCCCN1CCN(C)CC1c1ccccc1)N1CCC(C)CC1.I. The molecule has 6 heteroatoms. The van der Waals surface area contributed by atoms with Crippen LogP contribution in [0.25, 0.3) is 0 Å². The molecule has 1 atom stereocenters. The number of piperazine rings is 1. The molecular weight excluding hydrogens is 461 g/mol. The third kappa shape index (κ3) is 6.59. The van der Waals surface area contributed by atoms with E-state index in [2.05, 4.69) is 69.3 Å². The number of piperidine rings is 1. The number of nitrogens with zero attached hydrogens (tertiary/aromatic N) is 4. The van der Waals surface area contributed by atoms with E-state index in [9.17, 15) is 0 Å². The first-order valence-corrected chi connectivity index (χ1v) is 10.6. The third-order valence-corrected chi connectivity index (χ3v) is 6.08. The molecule has 0 aromatic heterocycles. The fourth-order valence-electron chi connectivity index (χ4n) is 4.25. The number of likely N-dealkylation sites (N-methyl/N-ethyl adjacent to an activating group) is 1. The predicted octanol–water partition coefficient (Wildman–Crippen LogP) is 3.29. The molecular formula is C22H38IN5. The van der Waals surface area contributed by atoms with Crippen LogP contribution in [0.1, 0.15) is 37.8 Å². The molecule has 5 nitrogen and oxygen atoms in total. The number of hydrogen-bond acceptors (Lipinski definition) is 3. The minimum Gasteiger partial charge on any atom is -0.356 e. The Kier molecular flexibility index (Phi) is 10.0. The van der Waals surface area contributed by atoms with Gasteiger partial charge >= 0.3 is 0 Å². The molecule has 0 aliphatic carbocycles. The van der Waals surface area contributed by atoms with Crippen LogP contribution in [0.15, 0.2) is 35.3 Å². The van der Waals surface area contributed by atoms with E-state index in [-0.39, 0.29) is 24.0 Å². The average Bonchev–Trinajstić information content (AvgIpc) is 2.70. The van der Waals surface area contributed by atoms with Gasteiger partial charge in [-0.3, -0.25) is 9.89 Å². The monoisotopic (exact) mass is 499 g/mol. The Labute approximate surface area is 188 Å². The molecule has 3 rings (SSSR count). The van der Waals surface area contributed by atoms with Crippen molar-refractivity contribution in [1.82, 2.24) is 20.0 Å². The summed E-state index contributed by atoms with van der Waals surface area (Å²) >= 11 is 0. The number of rotatable bonds is 5. The molecule has 2 heterocycles. The summed E-state index contributed by atoms with van der Waals surface area (Å²) in [4.78, 5) is 12.0. The summed E-state index contributed by atoms with van der Waals surface area (Å²) in [6, 6.07) is 11.5. The van der Waals surface area contributed by atoms with E-state index >= 15 is 0 Å². The van der Waals surface area contributed by atoms with Gasteiger partial charge in [0, 0.05) is 58.9 Å². The fraction of sp³-hybridized carbons (Fsp3) is 0.682. The van der Waals surface area contributed by atoms with Gasteiger partial charge in [-0.15, -0.1) is 24.0 Å². The van der Waals surface area contributed by atoms with Gasteiger partial charge < -0.3 is 15.1 Å². The summed E-state index contributed by atoms with van der Waals surface area (Å²) in [6.45, 7) is 10.2. The van der Waals surface area contributed by atoms with Gasteiger partial charge in [0.1, 0.15) is 0 Å². The summed E-state index contributed by atoms with van der Waals surface area (Å²) in [5.74, 6) is 1.94. The Morgan fingerprint density at radius 1 is 1.11 bits per heavy atom. The van der Waals surface area contributed by atoms with E-state index in [1.54, 1.807) is 0 Å². The average molecular weight is 499 g/mol. The second kappa shape index (κ2) is 12.0. The van der Waals surface area contributed by atoms with Gasteiger partial charge in [0.15, 0.2) is 5.96 Å². The van der Waals surface area contributed by atoms with Gasteiger partial charge in [0.25, 0.3) is 0 Å². The lowest BCUT2D eigenvalue weighted by atomic mass is 10.00. The second-order valence-corrected chi connectivity index (χ2v) is 8.22. The topological polar surface area (TPSA) is 34.1 Å². The van der Waals surface area contributed by atoms with Crippen molar-refractivity contribution in [2.24, 2.45) is 10.9 Å². The first kappa shape index (κ1) is 23.4. The molecule has 2 saturated heterocycles. The maximum Gasteiger partial charge on any atom is 0.193 e. The van der Waals surface area contributed by atoms with E-state index in [4.69, 9.17) is 0 Å². The molecule has 0 amide bonds. The number of nitrogens with one attached hydrogen (secondary N) is 1. The Morgan fingerprint density at radius 3 is 2.50 bits per heavy atom. The summed E-state index contributed by atoms with van der Waals surface area (Å²) in [5, 5.41) is 3.60. The quantitative estimate of drug-likeness (QED) is 0.292. The van der Waals surface area contributed by atoms with Crippen molar-refractivity contribution in [3.8, 4) is 0 Å². The van der Waals surface area contributed by atoms with Crippen molar-refractivity contribution < 1.29 is 0 Å². The van der Waals surface area contributed by atoms with Gasteiger partial charge in [-0.05, 0) is 37.8 Å². The van der Waals surface area contributed by atoms with E-state index in [1.165, 1.54) is 18.4 Å². The second-order valence-electron chi connectivity index (χ2n) is 8.22. The third-order valence-electron chi connectivity index (χ3n) is 6.08. The maximum absolute atomic E-state index is 4.50. The van der Waals surface area contributed by atoms with Crippen molar-refractivity contribution in [3.63, 3.8) is 0 Å². The fourth-order valence-corrected chi connectivity index (χ4v) is 4.25. The Bertz CT molecular complexity index is 586. The predicted molar refractivity (Wildman–Crippen MR) is 130 cm³/mol. The molecule has 0 saturated carbocycles. The molecule has 2 fully saturated rings. The molecule has 0 spiro atoms. The molecule has 1 aromatic rings. The summed E-state index contributed by atoms with van der Waals surface area (Å²) < 4.78 is 0. The number of likely N-dealkylation sites (tertiary alicyclic amines) is 1. The highest BCUT2D eigenvalue weighted by Crippen LogP contribution is 2.24. The summed E-state index contributed by atoms with van der Waals surface area (Å²) in [5.41, 5.74) is 1.44. The van der Waals surface area contributed by atoms with Crippen LogP contribution >= 0.6 is 24.0 Å². The van der Waals surface area contributed by atoms with Gasteiger partial charge in [-0.2, -0.15) is 0 Å². The Morgan fingerprint density at radius 2 is 1.82 bits per heavy atom. The largest absolute Gasteiger partial charge is 0.356 e. The normalized spacial score (nSPS) is 22.8. The van der Waals surface area contributed by atoms with Crippen LogP contribution in [0.4, 0.5) is 0 Å². The Balaban J connectivity index is 0.00000280. The number of halogens is 1. The molecule has 1 aromatic carbocycles. The lowest BCUT2D eigenvalue weighted by molar-refractivity contribution is 0.0890. The standard InChI is InChI=1S/C22H37N5.HI/c1-19-10-14-27(15-11-19)22(23-2)24-12-7-13-26-17-16-25(3)18-21(26)20-8-5-4-6-9-20;/h4-6,8-9,19,21H,7,10-18H2,1-3H3,(H,23,24);1H. The van der Waals surface area contributed by atoms with Gasteiger partial charge in [-0.25, -0.2) is 0 Å². The minimum atomic E-state index is 0. The van der Waals surface area contributed by atoms with E-state index < -0.39 is 0 Å². The summed E-state index contributed by atoms with van der Waals surface area (Å²) in [6.07, 6.45) is 3.71. The van der Waals surface area contributed by atoms with Crippen molar-refractivity contribution in [1.29, 1.82) is 0 Å². The Hall–Kier alpha value is -0.860. The number of hydrogen-bond donors (Lipinski definition) is 1. The van der Waals surface area contributed by atoms with Crippen LogP contribution < -0.4 is 5.32 Å². The number of aliphatic imine (C=N–C) groups is 1. The zero-order valence-corrected chi connectivity index (χ0v) is 20.1. The number of benzene rings is 1. The zero-order valence-electron chi connectivity index (χ0n) is 17.8. The van der Waals surface area contributed by atoms with Gasteiger partial charge in [-0.1, -0.05) is 37.3 Å². The highest BCUT2D eigenvalue weighted by atomic mass is 127. The van der Waals surface area contributed by atoms with Crippen LogP contribution in [-0.4, -0.2) is 80.6 Å². The first-order valence-electron chi connectivity index (χ1n) is 10.6.